The Morgan fingerprint density at radius 2 is 2.38 bits per heavy atom. The van der Waals surface area contributed by atoms with E-state index in [0.29, 0.717) is 11.7 Å². The highest BCUT2D eigenvalue weighted by atomic mass is 79.9. The molecule has 2 rings (SSSR count). The van der Waals surface area contributed by atoms with Crippen LogP contribution in [0.25, 0.3) is 0 Å². The molecule has 2 nitrogen and oxygen atoms in total. The predicted octanol–water partition coefficient (Wildman–Crippen LogP) is 2.78. The summed E-state index contributed by atoms with van der Waals surface area (Å²) in [7, 11) is 0. The third kappa shape index (κ3) is 2.55. The van der Waals surface area contributed by atoms with Gasteiger partial charge in [-0.15, -0.1) is 0 Å². The molecule has 1 unspecified atom stereocenters. The standard InChI is InChI=1S/C12H16BrFN2/c1-2-15-10-5-6-16(8-10)12-4-3-9(13)7-11(12)14/h3-4,7,10,15H,2,5-6,8H2,1H3. The molecule has 0 spiro atoms. The quantitative estimate of drug-likeness (QED) is 0.919. The predicted molar refractivity (Wildman–Crippen MR) is 68.4 cm³/mol. The number of rotatable bonds is 3. The van der Waals surface area contributed by atoms with E-state index in [9.17, 15) is 4.39 Å². The van der Waals surface area contributed by atoms with Crippen LogP contribution in [0.5, 0.6) is 0 Å². The van der Waals surface area contributed by atoms with Gasteiger partial charge < -0.3 is 10.2 Å². The number of nitrogens with one attached hydrogen (secondary N) is 1. The van der Waals surface area contributed by atoms with Crippen LogP contribution in [0.3, 0.4) is 0 Å². The molecule has 1 aromatic carbocycles. The molecule has 1 saturated heterocycles. The van der Waals surface area contributed by atoms with E-state index < -0.39 is 0 Å². The van der Waals surface area contributed by atoms with Gasteiger partial charge in [-0.25, -0.2) is 4.39 Å². The smallest absolute Gasteiger partial charge is 0.147 e. The van der Waals surface area contributed by atoms with Crippen LogP contribution >= 0.6 is 15.9 Å². The summed E-state index contributed by atoms with van der Waals surface area (Å²) in [4.78, 5) is 2.11. The van der Waals surface area contributed by atoms with Gasteiger partial charge in [-0.3, -0.25) is 0 Å². The van der Waals surface area contributed by atoms with Crippen LogP contribution in [0.4, 0.5) is 10.1 Å². The summed E-state index contributed by atoms with van der Waals surface area (Å²) >= 11 is 3.27. The van der Waals surface area contributed by atoms with Gasteiger partial charge in [0, 0.05) is 23.6 Å². The lowest BCUT2D eigenvalue weighted by atomic mass is 10.2. The first-order chi connectivity index (χ1) is 7.70. The Morgan fingerprint density at radius 3 is 3.06 bits per heavy atom. The Kier molecular flexibility index (Phi) is 3.82. The van der Waals surface area contributed by atoms with Gasteiger partial charge in [-0.1, -0.05) is 22.9 Å². The summed E-state index contributed by atoms with van der Waals surface area (Å²) in [6.45, 7) is 4.90. The Bertz CT molecular complexity index is 370. The van der Waals surface area contributed by atoms with E-state index in [1.807, 2.05) is 12.1 Å². The minimum Gasteiger partial charge on any atom is -0.368 e. The minimum atomic E-state index is -0.147. The molecule has 1 fully saturated rings. The molecule has 1 aliphatic heterocycles. The molecule has 16 heavy (non-hydrogen) atoms. The van der Waals surface area contributed by atoms with Gasteiger partial charge in [-0.2, -0.15) is 0 Å². The van der Waals surface area contributed by atoms with Crippen LogP contribution in [0.1, 0.15) is 13.3 Å². The molecule has 1 heterocycles. The first-order valence-electron chi connectivity index (χ1n) is 5.64. The number of nitrogens with zero attached hydrogens (tertiary/aromatic N) is 1. The lowest BCUT2D eigenvalue weighted by Gasteiger charge is -2.19. The molecular weight excluding hydrogens is 271 g/mol. The van der Waals surface area contributed by atoms with Crippen LogP contribution in [0, 0.1) is 5.82 Å². The summed E-state index contributed by atoms with van der Waals surface area (Å²) in [5, 5.41) is 3.40. The SMILES string of the molecule is CCNC1CCN(c2ccc(Br)cc2F)C1. The number of anilines is 1. The fourth-order valence-corrected chi connectivity index (χ4v) is 2.51. The van der Waals surface area contributed by atoms with Gasteiger partial charge in [0.2, 0.25) is 0 Å². The third-order valence-electron chi connectivity index (χ3n) is 2.93. The summed E-state index contributed by atoms with van der Waals surface area (Å²) in [5.74, 6) is -0.147. The summed E-state index contributed by atoms with van der Waals surface area (Å²) in [5.41, 5.74) is 0.712. The van der Waals surface area contributed by atoms with Crippen LogP contribution in [0.2, 0.25) is 0 Å². The highest BCUT2D eigenvalue weighted by Gasteiger charge is 2.23. The molecule has 0 aliphatic carbocycles. The highest BCUT2D eigenvalue weighted by Crippen LogP contribution is 2.26. The fraction of sp³-hybridized carbons (Fsp3) is 0.500. The van der Waals surface area contributed by atoms with Crippen molar-refractivity contribution in [3.05, 3.63) is 28.5 Å². The molecule has 1 aromatic rings. The van der Waals surface area contributed by atoms with Gasteiger partial charge in [0.1, 0.15) is 5.82 Å². The van der Waals surface area contributed by atoms with Crippen LogP contribution < -0.4 is 10.2 Å². The Morgan fingerprint density at radius 1 is 1.56 bits per heavy atom. The van der Waals surface area contributed by atoms with Crippen molar-refractivity contribution in [3.63, 3.8) is 0 Å². The van der Waals surface area contributed by atoms with E-state index in [1.54, 1.807) is 0 Å². The third-order valence-corrected chi connectivity index (χ3v) is 3.42. The monoisotopic (exact) mass is 286 g/mol. The number of benzene rings is 1. The first kappa shape index (κ1) is 11.9. The maximum atomic E-state index is 13.7. The molecule has 4 heteroatoms. The Balaban J connectivity index is 2.08. The Labute approximate surface area is 104 Å². The fourth-order valence-electron chi connectivity index (χ4n) is 2.17. The number of hydrogen-bond donors (Lipinski definition) is 1. The molecule has 0 aromatic heterocycles. The second-order valence-electron chi connectivity index (χ2n) is 4.09. The van der Waals surface area contributed by atoms with Gasteiger partial charge >= 0.3 is 0 Å². The Hall–Kier alpha value is -0.610. The average molecular weight is 287 g/mol. The highest BCUT2D eigenvalue weighted by molar-refractivity contribution is 9.10. The van der Waals surface area contributed by atoms with Crippen molar-refractivity contribution in [1.29, 1.82) is 0 Å². The maximum absolute atomic E-state index is 13.7. The zero-order chi connectivity index (χ0) is 11.5. The van der Waals surface area contributed by atoms with E-state index in [2.05, 4.69) is 33.1 Å². The summed E-state index contributed by atoms with van der Waals surface area (Å²) in [6.07, 6.45) is 1.09. The van der Waals surface area contributed by atoms with E-state index >= 15 is 0 Å². The summed E-state index contributed by atoms with van der Waals surface area (Å²) < 4.78 is 14.5. The molecule has 0 radical (unpaired) electrons. The normalized spacial score (nSPS) is 20.4. The van der Waals surface area contributed by atoms with Crippen LogP contribution in [-0.4, -0.2) is 25.7 Å². The largest absolute Gasteiger partial charge is 0.368 e. The van der Waals surface area contributed by atoms with Crippen molar-refractivity contribution in [1.82, 2.24) is 5.32 Å². The molecule has 1 N–H and O–H groups in total. The van der Waals surface area contributed by atoms with E-state index in [4.69, 9.17) is 0 Å². The van der Waals surface area contributed by atoms with E-state index in [0.717, 1.165) is 30.5 Å². The van der Waals surface area contributed by atoms with E-state index in [-0.39, 0.29) is 5.82 Å². The second kappa shape index (κ2) is 5.15. The van der Waals surface area contributed by atoms with Crippen molar-refractivity contribution in [3.8, 4) is 0 Å². The molecule has 0 bridgehead atoms. The topological polar surface area (TPSA) is 15.3 Å². The molecule has 1 aliphatic rings. The molecular formula is C12H16BrFN2. The number of likely N-dealkylation sites (N-methyl/N-ethyl adjacent to an activating group) is 1. The van der Waals surface area contributed by atoms with Crippen molar-refractivity contribution in [2.24, 2.45) is 0 Å². The molecule has 0 amide bonds. The van der Waals surface area contributed by atoms with Gasteiger partial charge in [-0.05, 0) is 31.2 Å². The average Bonchev–Trinajstić information content (AvgIpc) is 2.67. The van der Waals surface area contributed by atoms with Crippen molar-refractivity contribution < 1.29 is 4.39 Å². The van der Waals surface area contributed by atoms with Gasteiger partial charge in [0.25, 0.3) is 0 Å². The molecule has 88 valence electrons. The molecule has 0 saturated carbocycles. The second-order valence-corrected chi connectivity index (χ2v) is 5.00. The first-order valence-corrected chi connectivity index (χ1v) is 6.43. The van der Waals surface area contributed by atoms with Crippen molar-refractivity contribution >= 4 is 21.6 Å². The van der Waals surface area contributed by atoms with Crippen LogP contribution in [-0.2, 0) is 0 Å². The zero-order valence-corrected chi connectivity index (χ0v) is 10.9. The van der Waals surface area contributed by atoms with Gasteiger partial charge in [0.15, 0.2) is 0 Å². The lowest BCUT2D eigenvalue weighted by molar-refractivity contribution is 0.570. The maximum Gasteiger partial charge on any atom is 0.147 e. The van der Waals surface area contributed by atoms with Crippen molar-refractivity contribution in [2.45, 2.75) is 19.4 Å². The summed E-state index contributed by atoms with van der Waals surface area (Å²) in [6, 6.07) is 5.75. The lowest BCUT2D eigenvalue weighted by Crippen LogP contribution is -2.32. The van der Waals surface area contributed by atoms with E-state index in [1.165, 1.54) is 6.07 Å². The van der Waals surface area contributed by atoms with Gasteiger partial charge in [0.05, 0.1) is 5.69 Å². The number of halogens is 2. The number of hydrogen-bond acceptors (Lipinski definition) is 2. The molecule has 1 atom stereocenters. The van der Waals surface area contributed by atoms with Crippen LogP contribution in [0.15, 0.2) is 22.7 Å². The minimum absolute atomic E-state index is 0.147. The van der Waals surface area contributed by atoms with Crippen molar-refractivity contribution in [2.75, 3.05) is 24.5 Å². The zero-order valence-electron chi connectivity index (χ0n) is 9.34.